The Hall–Kier alpha value is -2.28. The number of benzene rings is 1. The van der Waals surface area contributed by atoms with Gasteiger partial charge in [-0.15, -0.1) is 0 Å². The zero-order valence-electron chi connectivity index (χ0n) is 12.2. The Morgan fingerprint density at radius 1 is 1.29 bits per heavy atom. The summed E-state index contributed by atoms with van der Waals surface area (Å²) in [4.78, 5) is 11.8. The number of hydrogen-bond donors (Lipinski definition) is 0. The molecule has 0 radical (unpaired) electrons. The summed E-state index contributed by atoms with van der Waals surface area (Å²) in [5, 5.41) is 9.10. The Kier molecular flexibility index (Phi) is 5.39. The Morgan fingerprint density at radius 3 is 2.90 bits per heavy atom. The van der Waals surface area contributed by atoms with E-state index in [2.05, 4.69) is 13.0 Å². The fourth-order valence-corrected chi connectivity index (χ4v) is 2.30. The molecule has 0 saturated heterocycles. The molecule has 0 saturated carbocycles. The number of nitrogens with zero attached hydrogens (tertiary/aromatic N) is 1. The second kappa shape index (κ2) is 7.49. The quantitative estimate of drug-likeness (QED) is 0.725. The molecule has 1 aromatic heterocycles. The van der Waals surface area contributed by atoms with Crippen LogP contribution in [-0.2, 0) is 6.42 Å². The van der Waals surface area contributed by atoms with Gasteiger partial charge in [-0.2, -0.15) is 5.26 Å². The Bertz CT molecular complexity index is 697. The number of rotatable bonds is 7. The fourth-order valence-electron chi connectivity index (χ4n) is 2.30. The van der Waals surface area contributed by atoms with Crippen molar-refractivity contribution in [3.8, 4) is 11.8 Å². The van der Waals surface area contributed by atoms with Gasteiger partial charge in [-0.05, 0) is 31.4 Å². The molecule has 2 aromatic rings. The molecule has 0 fully saturated rings. The molecule has 1 aromatic carbocycles. The molecule has 4 nitrogen and oxygen atoms in total. The first kappa shape index (κ1) is 15.1. The Balaban J connectivity index is 2.25. The van der Waals surface area contributed by atoms with Crippen LogP contribution in [-0.4, -0.2) is 6.61 Å². The van der Waals surface area contributed by atoms with E-state index in [1.807, 2.05) is 6.07 Å². The minimum absolute atomic E-state index is 0.0332. The van der Waals surface area contributed by atoms with Gasteiger partial charge < -0.3 is 9.15 Å². The summed E-state index contributed by atoms with van der Waals surface area (Å²) in [7, 11) is 0. The van der Waals surface area contributed by atoms with Crippen LogP contribution in [0.3, 0.4) is 0 Å². The topological polar surface area (TPSA) is 63.2 Å². The largest absolute Gasteiger partial charge is 0.493 e. The van der Waals surface area contributed by atoms with Crippen LogP contribution in [0, 0.1) is 11.3 Å². The van der Waals surface area contributed by atoms with Crippen LogP contribution in [0.1, 0.15) is 38.2 Å². The van der Waals surface area contributed by atoms with Crippen LogP contribution < -0.4 is 10.2 Å². The number of unbranched alkanes of at least 4 members (excludes halogenated alkanes) is 2. The van der Waals surface area contributed by atoms with E-state index in [4.69, 9.17) is 14.4 Å². The molecule has 110 valence electrons. The minimum atomic E-state index is -0.0332. The molecule has 0 spiro atoms. The first-order valence-corrected chi connectivity index (χ1v) is 7.31. The lowest BCUT2D eigenvalue weighted by Crippen LogP contribution is -2.04. The van der Waals surface area contributed by atoms with Gasteiger partial charge in [-0.1, -0.05) is 13.3 Å². The van der Waals surface area contributed by atoms with Crippen LogP contribution >= 0.6 is 0 Å². The highest BCUT2D eigenvalue weighted by Crippen LogP contribution is 2.28. The van der Waals surface area contributed by atoms with Crippen molar-refractivity contribution in [3.63, 3.8) is 0 Å². The van der Waals surface area contributed by atoms with Gasteiger partial charge in [0.25, 0.3) is 0 Å². The van der Waals surface area contributed by atoms with Gasteiger partial charge in [0.2, 0.25) is 0 Å². The molecule has 0 aliphatic rings. The monoisotopic (exact) mass is 285 g/mol. The normalized spacial score (nSPS) is 10.5. The summed E-state index contributed by atoms with van der Waals surface area (Å²) in [5.74, 6) is 0.774. The van der Waals surface area contributed by atoms with Crippen molar-refractivity contribution in [1.82, 2.24) is 0 Å². The lowest BCUT2D eigenvalue weighted by molar-refractivity contribution is 0.304. The van der Waals surface area contributed by atoms with E-state index < -0.39 is 0 Å². The van der Waals surface area contributed by atoms with E-state index >= 15 is 0 Å². The zero-order valence-corrected chi connectivity index (χ0v) is 12.2. The first-order valence-electron chi connectivity index (χ1n) is 7.31. The number of fused-ring (bicyclic) bond motifs is 1. The van der Waals surface area contributed by atoms with E-state index in [1.165, 1.54) is 12.3 Å². The third-order valence-corrected chi connectivity index (χ3v) is 3.33. The van der Waals surface area contributed by atoms with Gasteiger partial charge >= 0.3 is 0 Å². The Morgan fingerprint density at radius 2 is 2.14 bits per heavy atom. The molecule has 2 rings (SSSR count). The van der Waals surface area contributed by atoms with Crippen LogP contribution in [0.15, 0.2) is 33.7 Å². The average Bonchev–Trinajstić information content (AvgIpc) is 2.49. The molecular weight excluding hydrogens is 266 g/mol. The third-order valence-electron chi connectivity index (χ3n) is 3.33. The van der Waals surface area contributed by atoms with E-state index in [0.717, 1.165) is 37.0 Å². The molecule has 0 amide bonds. The maximum atomic E-state index is 11.8. The highest BCUT2D eigenvalue weighted by Gasteiger charge is 2.12. The third kappa shape index (κ3) is 3.63. The summed E-state index contributed by atoms with van der Waals surface area (Å²) in [6, 6.07) is 7.15. The van der Waals surface area contributed by atoms with E-state index in [1.54, 1.807) is 6.07 Å². The van der Waals surface area contributed by atoms with Gasteiger partial charge in [-0.25, -0.2) is 0 Å². The SMILES string of the molecule is CCCc1c(OCCCCC#N)ccc2c(=O)ccoc12. The maximum Gasteiger partial charge on any atom is 0.192 e. The molecule has 0 unspecified atom stereocenters. The lowest BCUT2D eigenvalue weighted by atomic mass is 10.1. The standard InChI is InChI=1S/C17H19NO3/c1-2-6-14-16(20-11-5-3-4-10-18)8-7-13-15(19)9-12-21-17(13)14/h7-9,12H,2-6,11H2,1H3. The van der Waals surface area contributed by atoms with E-state index in [9.17, 15) is 4.79 Å². The fraction of sp³-hybridized carbons (Fsp3) is 0.412. The van der Waals surface area contributed by atoms with Crippen molar-refractivity contribution >= 4 is 11.0 Å². The summed E-state index contributed by atoms with van der Waals surface area (Å²) >= 11 is 0. The number of hydrogen-bond acceptors (Lipinski definition) is 4. The van der Waals surface area contributed by atoms with Crippen LogP contribution in [0.2, 0.25) is 0 Å². The maximum absolute atomic E-state index is 11.8. The molecule has 0 N–H and O–H groups in total. The van der Waals surface area contributed by atoms with Gasteiger partial charge in [0, 0.05) is 18.1 Å². The number of ether oxygens (including phenoxy) is 1. The van der Waals surface area contributed by atoms with Crippen molar-refractivity contribution in [2.75, 3.05) is 6.61 Å². The van der Waals surface area contributed by atoms with E-state index in [0.29, 0.717) is 24.0 Å². The molecule has 4 heteroatoms. The summed E-state index contributed by atoms with van der Waals surface area (Å²) < 4.78 is 11.4. The Labute approximate surface area is 124 Å². The van der Waals surface area contributed by atoms with Gasteiger partial charge in [0.05, 0.1) is 24.3 Å². The van der Waals surface area contributed by atoms with Crippen molar-refractivity contribution in [2.24, 2.45) is 0 Å². The molecule has 0 bridgehead atoms. The van der Waals surface area contributed by atoms with Gasteiger partial charge in [0.1, 0.15) is 11.3 Å². The molecule has 1 heterocycles. The summed E-state index contributed by atoms with van der Waals surface area (Å²) in [6.07, 6.45) is 5.41. The highest BCUT2D eigenvalue weighted by atomic mass is 16.5. The molecule has 0 aliphatic heterocycles. The second-order valence-electron chi connectivity index (χ2n) is 4.92. The smallest absolute Gasteiger partial charge is 0.192 e. The number of aryl methyl sites for hydroxylation is 1. The molecule has 21 heavy (non-hydrogen) atoms. The molecule has 0 atom stereocenters. The zero-order chi connectivity index (χ0) is 15.1. The summed E-state index contributed by atoms with van der Waals surface area (Å²) in [5.41, 5.74) is 1.54. The van der Waals surface area contributed by atoms with Crippen molar-refractivity contribution < 1.29 is 9.15 Å². The minimum Gasteiger partial charge on any atom is -0.493 e. The predicted molar refractivity (Wildman–Crippen MR) is 81.4 cm³/mol. The van der Waals surface area contributed by atoms with Crippen molar-refractivity contribution in [1.29, 1.82) is 5.26 Å². The predicted octanol–water partition coefficient (Wildman–Crippen LogP) is 3.82. The second-order valence-corrected chi connectivity index (χ2v) is 4.92. The summed E-state index contributed by atoms with van der Waals surface area (Å²) in [6.45, 7) is 2.65. The molecule has 0 aliphatic carbocycles. The van der Waals surface area contributed by atoms with Gasteiger partial charge in [0.15, 0.2) is 5.43 Å². The van der Waals surface area contributed by atoms with Crippen molar-refractivity contribution in [3.05, 3.63) is 40.2 Å². The first-order chi connectivity index (χ1) is 10.3. The van der Waals surface area contributed by atoms with Gasteiger partial charge in [-0.3, -0.25) is 4.79 Å². The van der Waals surface area contributed by atoms with E-state index in [-0.39, 0.29) is 5.43 Å². The van der Waals surface area contributed by atoms with Crippen LogP contribution in [0.4, 0.5) is 0 Å². The number of nitriles is 1. The van der Waals surface area contributed by atoms with Crippen LogP contribution in [0.25, 0.3) is 11.0 Å². The van der Waals surface area contributed by atoms with Crippen molar-refractivity contribution in [2.45, 2.75) is 39.0 Å². The molecular formula is C17H19NO3. The lowest BCUT2D eigenvalue weighted by Gasteiger charge is -2.12. The highest BCUT2D eigenvalue weighted by molar-refractivity contribution is 5.81. The van der Waals surface area contributed by atoms with Crippen LogP contribution in [0.5, 0.6) is 5.75 Å². The average molecular weight is 285 g/mol.